The molecule has 0 fully saturated rings. The van der Waals surface area contributed by atoms with Crippen molar-refractivity contribution < 1.29 is 0 Å². The molecule has 4 atom stereocenters. The summed E-state index contributed by atoms with van der Waals surface area (Å²) in [5.74, 6) is 1.63. The van der Waals surface area contributed by atoms with Crippen LogP contribution < -0.4 is 5.73 Å². The van der Waals surface area contributed by atoms with Crippen molar-refractivity contribution in [3.63, 3.8) is 0 Å². The summed E-state index contributed by atoms with van der Waals surface area (Å²) in [4.78, 5) is 0. The number of fused-ring (bicyclic) bond motifs is 6. The first kappa shape index (κ1) is 16.2. The van der Waals surface area contributed by atoms with Gasteiger partial charge in [-0.3, -0.25) is 0 Å². The number of rotatable bonds is 0. The minimum absolute atomic E-state index is 0.0796. The van der Waals surface area contributed by atoms with E-state index >= 15 is 0 Å². The molecule has 0 saturated heterocycles. The third kappa shape index (κ3) is 1.87. The number of benzene rings is 1. The first-order valence-electron chi connectivity index (χ1n) is 10.0. The van der Waals surface area contributed by atoms with Gasteiger partial charge in [0.05, 0.1) is 0 Å². The molecule has 4 aliphatic carbocycles. The standard InChI is InChI=1S/C25H29N/c1-15-11-16(2)23-22(12-15)24(3,4)14-25(23)20-8-6-5-7-18(20)19-10-9-17(26)13-21(19)25/h5-11,13,15,18,20H,12,14,26H2,1-4H3. The van der Waals surface area contributed by atoms with E-state index in [1.807, 2.05) is 0 Å². The van der Waals surface area contributed by atoms with Gasteiger partial charge in [0.1, 0.15) is 0 Å². The lowest BCUT2D eigenvalue weighted by Crippen LogP contribution is -2.34. The molecule has 1 heteroatoms. The van der Waals surface area contributed by atoms with Crippen LogP contribution in [0.4, 0.5) is 5.69 Å². The molecule has 26 heavy (non-hydrogen) atoms. The molecule has 0 aliphatic heterocycles. The highest BCUT2D eigenvalue weighted by Gasteiger charge is 2.60. The van der Waals surface area contributed by atoms with Crippen molar-refractivity contribution in [3.05, 3.63) is 76.4 Å². The summed E-state index contributed by atoms with van der Waals surface area (Å²) in [5, 5.41) is 0. The number of nitrogen functional groups attached to an aromatic ring is 1. The van der Waals surface area contributed by atoms with Gasteiger partial charge in [-0.1, -0.05) is 68.4 Å². The molecule has 1 spiro atoms. The lowest BCUT2D eigenvalue weighted by Gasteiger charge is -2.39. The van der Waals surface area contributed by atoms with Gasteiger partial charge in [0.25, 0.3) is 0 Å². The van der Waals surface area contributed by atoms with Crippen molar-refractivity contribution in [3.8, 4) is 0 Å². The van der Waals surface area contributed by atoms with Crippen LogP contribution in [-0.4, -0.2) is 0 Å². The maximum atomic E-state index is 6.30. The second-order valence-electron chi connectivity index (χ2n) is 9.58. The van der Waals surface area contributed by atoms with Crippen LogP contribution in [0.3, 0.4) is 0 Å². The summed E-state index contributed by atoms with van der Waals surface area (Å²) >= 11 is 0. The fourth-order valence-corrected chi connectivity index (χ4v) is 6.68. The normalized spacial score (nSPS) is 36.2. The molecule has 0 amide bonds. The number of anilines is 1. The van der Waals surface area contributed by atoms with E-state index in [2.05, 4.69) is 76.3 Å². The Morgan fingerprint density at radius 3 is 2.69 bits per heavy atom. The highest BCUT2D eigenvalue weighted by atomic mass is 14.6. The van der Waals surface area contributed by atoms with Gasteiger partial charge in [-0.25, -0.2) is 0 Å². The molecule has 5 rings (SSSR count). The molecule has 0 aromatic heterocycles. The summed E-state index contributed by atoms with van der Waals surface area (Å²) in [6.07, 6.45) is 14.3. The number of nitrogens with two attached hydrogens (primary N) is 1. The van der Waals surface area contributed by atoms with Gasteiger partial charge in [-0.15, -0.1) is 0 Å². The predicted octanol–water partition coefficient (Wildman–Crippen LogP) is 6.06. The van der Waals surface area contributed by atoms with E-state index in [4.69, 9.17) is 5.73 Å². The van der Waals surface area contributed by atoms with E-state index in [-0.39, 0.29) is 10.8 Å². The van der Waals surface area contributed by atoms with Crippen molar-refractivity contribution in [1.82, 2.24) is 0 Å². The molecule has 1 aromatic carbocycles. The van der Waals surface area contributed by atoms with E-state index < -0.39 is 0 Å². The van der Waals surface area contributed by atoms with Gasteiger partial charge < -0.3 is 5.73 Å². The molecule has 1 nitrogen and oxygen atoms in total. The molecule has 0 radical (unpaired) electrons. The number of allylic oxidation sites excluding steroid dienone is 8. The highest BCUT2D eigenvalue weighted by Crippen LogP contribution is 2.68. The third-order valence-electron chi connectivity index (χ3n) is 7.36. The van der Waals surface area contributed by atoms with E-state index in [9.17, 15) is 0 Å². The largest absolute Gasteiger partial charge is 0.399 e. The average molecular weight is 344 g/mol. The van der Waals surface area contributed by atoms with E-state index in [1.54, 1.807) is 11.1 Å². The average Bonchev–Trinajstić information content (AvgIpc) is 2.98. The number of hydrogen-bond acceptors (Lipinski definition) is 1. The van der Waals surface area contributed by atoms with Gasteiger partial charge in [0, 0.05) is 22.9 Å². The second kappa shape index (κ2) is 5.03. The van der Waals surface area contributed by atoms with Crippen LogP contribution in [-0.2, 0) is 5.41 Å². The van der Waals surface area contributed by atoms with E-state index in [0.717, 1.165) is 5.69 Å². The zero-order chi connectivity index (χ0) is 18.3. The van der Waals surface area contributed by atoms with Crippen LogP contribution in [0.15, 0.2) is 65.3 Å². The second-order valence-corrected chi connectivity index (χ2v) is 9.58. The lowest BCUT2D eigenvalue weighted by atomic mass is 9.64. The molecule has 2 N–H and O–H groups in total. The Hall–Kier alpha value is -2.02. The molecule has 4 unspecified atom stereocenters. The van der Waals surface area contributed by atoms with Crippen LogP contribution >= 0.6 is 0 Å². The molecule has 134 valence electrons. The topological polar surface area (TPSA) is 26.0 Å². The van der Waals surface area contributed by atoms with Crippen molar-refractivity contribution in [2.24, 2.45) is 17.3 Å². The lowest BCUT2D eigenvalue weighted by molar-refractivity contribution is 0.296. The van der Waals surface area contributed by atoms with Gasteiger partial charge in [0.2, 0.25) is 0 Å². The van der Waals surface area contributed by atoms with E-state index in [0.29, 0.717) is 17.8 Å². The smallest absolute Gasteiger partial charge is 0.0317 e. The Morgan fingerprint density at radius 2 is 1.88 bits per heavy atom. The minimum atomic E-state index is 0.0796. The van der Waals surface area contributed by atoms with Crippen molar-refractivity contribution >= 4 is 5.69 Å². The fraction of sp³-hybridized carbons (Fsp3) is 0.440. The molecule has 0 heterocycles. The first-order valence-corrected chi connectivity index (χ1v) is 10.0. The summed E-state index contributed by atoms with van der Waals surface area (Å²) in [6, 6.07) is 6.66. The zero-order valence-electron chi connectivity index (χ0n) is 16.3. The molecular weight excluding hydrogens is 314 g/mol. The SMILES string of the molecule is CC1=CC(C)CC2=C1C1(CC2(C)C)c2cc(N)ccc2C2C=CC=CC21. The summed E-state index contributed by atoms with van der Waals surface area (Å²) in [7, 11) is 0. The maximum Gasteiger partial charge on any atom is 0.0317 e. The van der Waals surface area contributed by atoms with Crippen molar-refractivity contribution in [1.29, 1.82) is 0 Å². The summed E-state index contributed by atoms with van der Waals surface area (Å²) in [5.41, 5.74) is 15.3. The van der Waals surface area contributed by atoms with Crippen LogP contribution in [0.1, 0.15) is 57.6 Å². The van der Waals surface area contributed by atoms with Crippen molar-refractivity contribution in [2.45, 2.75) is 51.9 Å². The van der Waals surface area contributed by atoms with Gasteiger partial charge >= 0.3 is 0 Å². The Kier molecular flexibility index (Phi) is 3.13. The minimum Gasteiger partial charge on any atom is -0.399 e. The van der Waals surface area contributed by atoms with Crippen molar-refractivity contribution in [2.75, 3.05) is 5.73 Å². The molecule has 4 aliphatic rings. The molecular formula is C25H29N. The summed E-state index contributed by atoms with van der Waals surface area (Å²) < 4.78 is 0. The Balaban J connectivity index is 1.84. The number of hydrogen-bond donors (Lipinski definition) is 1. The predicted molar refractivity (Wildman–Crippen MR) is 110 cm³/mol. The third-order valence-corrected chi connectivity index (χ3v) is 7.36. The van der Waals surface area contributed by atoms with Gasteiger partial charge in [0.15, 0.2) is 0 Å². The van der Waals surface area contributed by atoms with Gasteiger partial charge in [-0.2, -0.15) is 0 Å². The Morgan fingerprint density at radius 1 is 1.12 bits per heavy atom. The highest BCUT2D eigenvalue weighted by molar-refractivity contribution is 5.66. The van der Waals surface area contributed by atoms with E-state index in [1.165, 1.54) is 29.5 Å². The Bertz CT molecular complexity index is 923. The zero-order valence-corrected chi connectivity index (χ0v) is 16.3. The first-order chi connectivity index (χ1) is 12.3. The molecule has 0 bridgehead atoms. The summed E-state index contributed by atoms with van der Waals surface area (Å²) in [6.45, 7) is 9.63. The Labute approximate surface area is 157 Å². The fourth-order valence-electron chi connectivity index (χ4n) is 6.68. The monoisotopic (exact) mass is 343 g/mol. The molecule has 0 saturated carbocycles. The molecule has 1 aromatic rings. The maximum absolute atomic E-state index is 6.30. The van der Waals surface area contributed by atoms with Gasteiger partial charge in [-0.05, 0) is 59.9 Å². The van der Waals surface area contributed by atoms with Crippen LogP contribution in [0.5, 0.6) is 0 Å². The van der Waals surface area contributed by atoms with Crippen LogP contribution in [0, 0.1) is 17.3 Å². The van der Waals surface area contributed by atoms with Crippen LogP contribution in [0.2, 0.25) is 0 Å². The van der Waals surface area contributed by atoms with Crippen LogP contribution in [0.25, 0.3) is 0 Å². The quantitative estimate of drug-likeness (QED) is 0.569.